The molecule has 1 fully saturated rings. The third-order valence-electron chi connectivity index (χ3n) is 3.75. The molecule has 0 aliphatic carbocycles. The smallest absolute Gasteiger partial charge is 0.254 e. The predicted molar refractivity (Wildman–Crippen MR) is 81.4 cm³/mol. The fourth-order valence-electron chi connectivity index (χ4n) is 2.43. The lowest BCUT2D eigenvalue weighted by Gasteiger charge is -2.36. The van der Waals surface area contributed by atoms with Crippen LogP contribution in [0.1, 0.15) is 22.8 Å². The summed E-state index contributed by atoms with van der Waals surface area (Å²) < 4.78 is 0.985. The maximum atomic E-state index is 12.5. The van der Waals surface area contributed by atoms with Crippen LogP contribution in [0.3, 0.4) is 0 Å². The Bertz CT molecular complexity index is 545. The Morgan fingerprint density at radius 3 is 2.55 bits per heavy atom. The minimum atomic E-state index is -0.0818. The molecule has 0 N–H and O–H groups in total. The molecule has 0 bridgehead atoms. The van der Waals surface area contributed by atoms with Crippen LogP contribution in [0.5, 0.6) is 0 Å². The van der Waals surface area contributed by atoms with Gasteiger partial charge in [-0.15, -0.1) is 0 Å². The zero-order valence-corrected chi connectivity index (χ0v) is 13.4. The summed E-state index contributed by atoms with van der Waals surface area (Å²) >= 11 is 3.41. The highest BCUT2D eigenvalue weighted by Crippen LogP contribution is 2.18. The van der Waals surface area contributed by atoms with Crippen molar-refractivity contribution in [2.45, 2.75) is 19.9 Å². The predicted octanol–water partition coefficient (Wildman–Crippen LogP) is 2.43. The fourth-order valence-corrected chi connectivity index (χ4v) is 2.91. The van der Waals surface area contributed by atoms with Gasteiger partial charge in [0.25, 0.3) is 5.91 Å². The summed E-state index contributed by atoms with van der Waals surface area (Å²) in [6, 6.07) is 7.88. The SMILES string of the molecule is Cc1cc(Br)ccc1C(=O)N1CCN(C(C)C#N)CC1. The molecular formula is C15H18BrN3O. The third kappa shape index (κ3) is 3.20. The lowest BCUT2D eigenvalue weighted by molar-refractivity contribution is 0.0615. The molecule has 1 atom stereocenters. The molecule has 1 aliphatic heterocycles. The second kappa shape index (κ2) is 6.38. The first-order chi connectivity index (χ1) is 9.52. The molecule has 1 aromatic rings. The first kappa shape index (κ1) is 15.0. The average molecular weight is 336 g/mol. The van der Waals surface area contributed by atoms with Crippen LogP contribution < -0.4 is 0 Å². The molecule has 0 aromatic heterocycles. The van der Waals surface area contributed by atoms with E-state index < -0.39 is 0 Å². The number of hydrogen-bond donors (Lipinski definition) is 0. The number of amides is 1. The molecular weight excluding hydrogens is 318 g/mol. The van der Waals surface area contributed by atoms with Gasteiger partial charge in [0, 0.05) is 36.2 Å². The summed E-state index contributed by atoms with van der Waals surface area (Å²) in [5, 5.41) is 8.93. The van der Waals surface area contributed by atoms with Gasteiger partial charge in [0.1, 0.15) is 0 Å². The highest BCUT2D eigenvalue weighted by molar-refractivity contribution is 9.10. The number of carbonyl (C=O) groups excluding carboxylic acids is 1. The molecule has 0 saturated carbocycles. The first-order valence-electron chi connectivity index (χ1n) is 6.72. The molecule has 1 unspecified atom stereocenters. The van der Waals surface area contributed by atoms with Crippen LogP contribution in [-0.4, -0.2) is 47.9 Å². The monoisotopic (exact) mass is 335 g/mol. The van der Waals surface area contributed by atoms with Gasteiger partial charge >= 0.3 is 0 Å². The van der Waals surface area contributed by atoms with Crippen LogP contribution in [0, 0.1) is 18.3 Å². The van der Waals surface area contributed by atoms with Gasteiger partial charge in [-0.1, -0.05) is 15.9 Å². The second-order valence-electron chi connectivity index (χ2n) is 5.09. The van der Waals surface area contributed by atoms with Crippen LogP contribution >= 0.6 is 15.9 Å². The molecule has 4 nitrogen and oxygen atoms in total. The van der Waals surface area contributed by atoms with Crippen molar-refractivity contribution in [3.8, 4) is 6.07 Å². The zero-order valence-electron chi connectivity index (χ0n) is 11.8. The molecule has 2 rings (SSSR count). The van der Waals surface area contributed by atoms with E-state index in [0.29, 0.717) is 13.1 Å². The fraction of sp³-hybridized carbons (Fsp3) is 0.467. The van der Waals surface area contributed by atoms with Crippen molar-refractivity contribution in [3.05, 3.63) is 33.8 Å². The van der Waals surface area contributed by atoms with Gasteiger partial charge in [0.15, 0.2) is 0 Å². The summed E-state index contributed by atoms with van der Waals surface area (Å²) in [6.07, 6.45) is 0. The molecule has 1 aromatic carbocycles. The molecule has 1 aliphatic rings. The van der Waals surface area contributed by atoms with Gasteiger partial charge in [-0.2, -0.15) is 5.26 Å². The van der Waals surface area contributed by atoms with Gasteiger partial charge in [0.05, 0.1) is 12.1 Å². The first-order valence-corrected chi connectivity index (χ1v) is 7.51. The number of benzene rings is 1. The molecule has 1 heterocycles. The van der Waals surface area contributed by atoms with E-state index in [9.17, 15) is 4.79 Å². The van der Waals surface area contributed by atoms with Crippen LogP contribution in [0.4, 0.5) is 0 Å². The number of hydrogen-bond acceptors (Lipinski definition) is 3. The summed E-state index contributed by atoms with van der Waals surface area (Å²) in [7, 11) is 0. The van der Waals surface area contributed by atoms with Crippen LogP contribution in [0.15, 0.2) is 22.7 Å². The van der Waals surface area contributed by atoms with Crippen molar-refractivity contribution in [3.63, 3.8) is 0 Å². The molecule has 5 heteroatoms. The Morgan fingerprint density at radius 1 is 1.35 bits per heavy atom. The minimum Gasteiger partial charge on any atom is -0.336 e. The second-order valence-corrected chi connectivity index (χ2v) is 6.01. The van der Waals surface area contributed by atoms with E-state index in [1.807, 2.05) is 36.9 Å². The standard InChI is InChI=1S/C15H18BrN3O/c1-11-9-13(16)3-4-14(11)15(20)19-7-5-18(6-8-19)12(2)10-17/h3-4,9,12H,5-8H2,1-2H3. The van der Waals surface area contributed by atoms with Crippen LogP contribution in [0.25, 0.3) is 0 Å². The topological polar surface area (TPSA) is 47.3 Å². The van der Waals surface area contributed by atoms with Gasteiger partial charge in [-0.25, -0.2) is 0 Å². The maximum absolute atomic E-state index is 12.5. The van der Waals surface area contributed by atoms with Crippen molar-refractivity contribution in [1.29, 1.82) is 5.26 Å². The molecule has 20 heavy (non-hydrogen) atoms. The van der Waals surface area contributed by atoms with E-state index >= 15 is 0 Å². The lowest BCUT2D eigenvalue weighted by atomic mass is 10.1. The quantitative estimate of drug-likeness (QED) is 0.833. The Labute approximate surface area is 128 Å². The number of nitriles is 1. The van der Waals surface area contributed by atoms with Gasteiger partial charge in [-0.05, 0) is 37.6 Å². The summed E-state index contributed by atoms with van der Waals surface area (Å²) in [5.41, 5.74) is 1.74. The van der Waals surface area contributed by atoms with Crippen molar-refractivity contribution < 1.29 is 4.79 Å². The summed E-state index contributed by atoms with van der Waals surface area (Å²) in [5.74, 6) is 0.0826. The number of carbonyl (C=O) groups is 1. The van der Waals surface area contributed by atoms with Crippen molar-refractivity contribution in [2.75, 3.05) is 26.2 Å². The largest absolute Gasteiger partial charge is 0.336 e. The average Bonchev–Trinajstić information content (AvgIpc) is 2.46. The van der Waals surface area contributed by atoms with E-state index in [0.717, 1.165) is 28.7 Å². The summed E-state index contributed by atoms with van der Waals surface area (Å²) in [6.45, 7) is 6.73. The van der Waals surface area contributed by atoms with Crippen molar-refractivity contribution in [1.82, 2.24) is 9.80 Å². The number of nitrogens with zero attached hydrogens (tertiary/aromatic N) is 3. The van der Waals surface area contributed by atoms with Crippen molar-refractivity contribution in [2.24, 2.45) is 0 Å². The van der Waals surface area contributed by atoms with E-state index in [4.69, 9.17) is 5.26 Å². The molecule has 0 radical (unpaired) electrons. The van der Waals surface area contributed by atoms with E-state index in [2.05, 4.69) is 26.9 Å². The highest BCUT2D eigenvalue weighted by atomic mass is 79.9. The van der Waals surface area contributed by atoms with Gasteiger partial charge < -0.3 is 4.90 Å². The number of halogens is 1. The number of piperazine rings is 1. The number of rotatable bonds is 2. The highest BCUT2D eigenvalue weighted by Gasteiger charge is 2.25. The molecule has 1 amide bonds. The van der Waals surface area contributed by atoms with Crippen LogP contribution in [-0.2, 0) is 0 Å². The summed E-state index contributed by atoms with van der Waals surface area (Å²) in [4.78, 5) is 16.5. The normalized spacial score (nSPS) is 17.6. The Morgan fingerprint density at radius 2 is 2.00 bits per heavy atom. The maximum Gasteiger partial charge on any atom is 0.254 e. The van der Waals surface area contributed by atoms with Crippen LogP contribution in [0.2, 0.25) is 0 Å². The van der Waals surface area contributed by atoms with Gasteiger partial charge in [-0.3, -0.25) is 9.69 Å². The molecule has 106 valence electrons. The van der Waals surface area contributed by atoms with Crippen molar-refractivity contribution >= 4 is 21.8 Å². The zero-order chi connectivity index (χ0) is 14.7. The van der Waals surface area contributed by atoms with E-state index in [1.54, 1.807) is 0 Å². The van der Waals surface area contributed by atoms with E-state index in [-0.39, 0.29) is 11.9 Å². The lowest BCUT2D eigenvalue weighted by Crippen LogP contribution is -2.51. The Hall–Kier alpha value is -1.38. The number of aryl methyl sites for hydroxylation is 1. The van der Waals surface area contributed by atoms with Gasteiger partial charge in [0.2, 0.25) is 0 Å². The molecule has 0 spiro atoms. The minimum absolute atomic E-state index is 0.0818. The molecule has 1 saturated heterocycles. The van der Waals surface area contributed by atoms with E-state index in [1.165, 1.54) is 0 Å². The Kier molecular flexibility index (Phi) is 4.79. The Balaban J connectivity index is 2.04. The third-order valence-corrected chi connectivity index (χ3v) is 4.25.